The molecule has 3 rings (SSSR count). The van der Waals surface area contributed by atoms with Gasteiger partial charge in [-0.25, -0.2) is 4.79 Å². The van der Waals surface area contributed by atoms with Gasteiger partial charge in [0.25, 0.3) is 0 Å². The first kappa shape index (κ1) is 15.1. The van der Waals surface area contributed by atoms with Crippen LogP contribution < -0.4 is 0 Å². The molecule has 0 heterocycles. The van der Waals surface area contributed by atoms with Crippen LogP contribution in [-0.4, -0.2) is 30.8 Å². The number of hydrogen-bond acceptors (Lipinski definition) is 4. The first-order chi connectivity index (χ1) is 9.54. The third kappa shape index (κ3) is 2.10. The van der Waals surface area contributed by atoms with Crippen LogP contribution in [0.1, 0.15) is 39.0 Å². The van der Waals surface area contributed by atoms with Crippen molar-refractivity contribution in [1.82, 2.24) is 0 Å². The third-order valence-electron chi connectivity index (χ3n) is 5.62. The van der Waals surface area contributed by atoms with E-state index in [0.717, 1.165) is 18.8 Å². The number of esters is 1. The molecule has 0 bridgehead atoms. The molecule has 21 heavy (non-hydrogen) atoms. The summed E-state index contributed by atoms with van der Waals surface area (Å²) in [5.74, 6) is -0.897. The number of hydrogen-bond donors (Lipinski definition) is 1. The van der Waals surface area contributed by atoms with Crippen LogP contribution in [0.15, 0.2) is 0 Å². The predicted molar refractivity (Wildman–Crippen MR) is 68.1 cm³/mol. The van der Waals surface area contributed by atoms with Gasteiger partial charge in [0.05, 0.1) is 6.61 Å². The van der Waals surface area contributed by atoms with Crippen LogP contribution in [0.2, 0.25) is 0 Å². The van der Waals surface area contributed by atoms with Gasteiger partial charge in [-0.05, 0) is 54.8 Å². The van der Waals surface area contributed by atoms with Gasteiger partial charge in [0.15, 0.2) is 0 Å². The average molecular weight is 324 g/mol. The second-order valence-corrected chi connectivity index (χ2v) is 8.40. The van der Waals surface area contributed by atoms with Gasteiger partial charge in [-0.2, -0.15) is 17.2 Å². The maximum atomic E-state index is 13.0. The molecule has 0 aromatic rings. The molecule has 0 radical (unpaired) electrons. The zero-order valence-electron chi connectivity index (χ0n) is 11.6. The lowest BCUT2D eigenvalue weighted by atomic mass is 9.80. The fraction of sp³-hybridized carbons (Fsp3) is 0.923. The summed E-state index contributed by atoms with van der Waals surface area (Å²) >= 11 is 0. The minimum atomic E-state index is -5.78. The molecule has 0 aliphatic heterocycles. The molecule has 3 aliphatic carbocycles. The summed E-state index contributed by atoms with van der Waals surface area (Å²) in [5, 5.41) is -4.89. The van der Waals surface area contributed by atoms with Crippen LogP contribution in [0.5, 0.6) is 0 Å². The lowest BCUT2D eigenvalue weighted by Gasteiger charge is -2.26. The Morgan fingerprint density at radius 3 is 2.71 bits per heavy atom. The van der Waals surface area contributed by atoms with E-state index in [1.54, 1.807) is 0 Å². The second kappa shape index (κ2) is 4.16. The fourth-order valence-electron chi connectivity index (χ4n) is 4.59. The van der Waals surface area contributed by atoms with E-state index in [0.29, 0.717) is 17.8 Å². The van der Waals surface area contributed by atoms with Crippen molar-refractivity contribution in [1.29, 1.82) is 0 Å². The van der Waals surface area contributed by atoms with E-state index in [1.165, 1.54) is 12.8 Å². The Labute approximate surface area is 121 Å². The van der Waals surface area contributed by atoms with Gasteiger partial charge in [-0.1, -0.05) is 6.92 Å². The highest BCUT2D eigenvalue weighted by molar-refractivity contribution is 7.87. The summed E-state index contributed by atoms with van der Waals surface area (Å²) in [6, 6.07) is 0. The molecule has 120 valence electrons. The summed E-state index contributed by atoms with van der Waals surface area (Å²) in [5.41, 5.74) is 0.431. The van der Waals surface area contributed by atoms with Gasteiger partial charge in [-0.15, -0.1) is 0 Å². The van der Waals surface area contributed by atoms with Crippen molar-refractivity contribution in [3.63, 3.8) is 0 Å². The van der Waals surface area contributed by atoms with Crippen molar-refractivity contribution in [2.45, 2.75) is 44.3 Å². The first-order valence-corrected chi connectivity index (χ1v) is 8.50. The van der Waals surface area contributed by atoms with Crippen molar-refractivity contribution in [2.75, 3.05) is 6.61 Å². The van der Waals surface area contributed by atoms with Gasteiger partial charge in [0.1, 0.15) is 0 Å². The number of alkyl halides is 2. The molecular weight excluding hydrogens is 306 g/mol. The van der Waals surface area contributed by atoms with Crippen LogP contribution in [0.3, 0.4) is 0 Å². The Bertz CT molecular complexity index is 589. The smallest absolute Gasteiger partial charge is 0.460 e. The van der Waals surface area contributed by atoms with Crippen molar-refractivity contribution in [3.8, 4) is 0 Å². The van der Waals surface area contributed by atoms with Gasteiger partial charge < -0.3 is 4.74 Å². The lowest BCUT2D eigenvalue weighted by Crippen LogP contribution is -2.39. The van der Waals surface area contributed by atoms with Crippen LogP contribution in [0.4, 0.5) is 8.78 Å². The molecule has 5 nitrogen and oxygen atoms in total. The zero-order chi connectivity index (χ0) is 15.7. The van der Waals surface area contributed by atoms with E-state index < -0.39 is 21.3 Å². The van der Waals surface area contributed by atoms with Gasteiger partial charge in [0, 0.05) is 0 Å². The monoisotopic (exact) mass is 324 g/mol. The summed E-state index contributed by atoms with van der Waals surface area (Å²) < 4.78 is 59.7. The Morgan fingerprint density at radius 2 is 2.10 bits per heavy atom. The summed E-state index contributed by atoms with van der Waals surface area (Å²) in [6.07, 6.45) is 4.94. The number of ether oxygens (including phenoxy) is 1. The minimum absolute atomic E-state index is 0.0863. The van der Waals surface area contributed by atoms with Gasteiger partial charge >= 0.3 is 21.3 Å². The molecule has 1 spiro atoms. The molecule has 0 aromatic carbocycles. The molecule has 0 amide bonds. The molecule has 1 N–H and O–H groups in total. The maximum Gasteiger partial charge on any atom is 0.465 e. The highest BCUT2D eigenvalue weighted by Crippen LogP contribution is 2.88. The largest absolute Gasteiger partial charge is 0.465 e. The predicted octanol–water partition coefficient (Wildman–Crippen LogP) is 2.23. The number of rotatable bonds is 5. The maximum absolute atomic E-state index is 13.0. The molecule has 4 unspecified atom stereocenters. The first-order valence-electron chi connectivity index (χ1n) is 7.06. The molecule has 3 saturated carbocycles. The number of halogens is 2. The van der Waals surface area contributed by atoms with E-state index in [9.17, 15) is 22.0 Å². The van der Waals surface area contributed by atoms with Crippen LogP contribution >= 0.6 is 0 Å². The van der Waals surface area contributed by atoms with Gasteiger partial charge in [0.2, 0.25) is 0 Å². The molecule has 0 saturated heterocycles. The quantitative estimate of drug-likeness (QED) is 0.619. The topological polar surface area (TPSA) is 80.7 Å². The molecule has 3 aliphatic rings. The van der Waals surface area contributed by atoms with E-state index in [4.69, 9.17) is 4.55 Å². The van der Waals surface area contributed by atoms with Crippen molar-refractivity contribution in [3.05, 3.63) is 0 Å². The Morgan fingerprint density at radius 1 is 1.43 bits per heavy atom. The summed E-state index contributed by atoms with van der Waals surface area (Å²) in [4.78, 5) is 11.1. The van der Waals surface area contributed by atoms with E-state index >= 15 is 0 Å². The standard InChI is InChI=1S/C13H18F2O5S/c1-8-4-9-6-12(9)7-11(12,5-8)2-3-20-10(16)13(14,15)21(17,18)19/h8-9H,2-7H2,1H3,(H,17,18,19). The molecule has 0 aromatic heterocycles. The van der Waals surface area contributed by atoms with Crippen molar-refractivity contribution < 1.29 is 31.3 Å². The Hall–Kier alpha value is -0.760. The molecular formula is C13H18F2O5S. The van der Waals surface area contributed by atoms with E-state index in [-0.39, 0.29) is 12.0 Å². The third-order valence-corrected chi connectivity index (χ3v) is 6.43. The van der Waals surface area contributed by atoms with Crippen LogP contribution in [-0.2, 0) is 19.6 Å². The highest BCUT2D eigenvalue weighted by atomic mass is 32.2. The van der Waals surface area contributed by atoms with Gasteiger partial charge in [-0.3, -0.25) is 4.55 Å². The fourth-order valence-corrected chi connectivity index (χ4v) is 4.86. The summed E-state index contributed by atoms with van der Waals surface area (Å²) in [6.45, 7) is 1.94. The summed E-state index contributed by atoms with van der Waals surface area (Å²) in [7, 11) is -5.78. The van der Waals surface area contributed by atoms with Crippen LogP contribution in [0, 0.1) is 22.7 Å². The lowest BCUT2D eigenvalue weighted by molar-refractivity contribution is -0.162. The normalized spacial score (nSPS) is 41.0. The Balaban J connectivity index is 1.55. The second-order valence-electron chi connectivity index (χ2n) is 6.94. The zero-order valence-corrected chi connectivity index (χ0v) is 12.5. The molecule has 3 fully saturated rings. The average Bonchev–Trinajstić information content (AvgIpc) is 3.15. The highest BCUT2D eigenvalue weighted by Gasteiger charge is 2.80. The van der Waals surface area contributed by atoms with E-state index in [2.05, 4.69) is 11.7 Å². The van der Waals surface area contributed by atoms with Crippen molar-refractivity contribution in [2.24, 2.45) is 22.7 Å². The van der Waals surface area contributed by atoms with Crippen LogP contribution in [0.25, 0.3) is 0 Å². The Kier molecular flexibility index (Phi) is 3.00. The SMILES string of the molecule is CC1CC2CC23CC3(CCOC(=O)C(F)(F)S(=O)(=O)O)C1. The van der Waals surface area contributed by atoms with E-state index in [1.807, 2.05) is 0 Å². The molecule has 4 atom stereocenters. The van der Waals surface area contributed by atoms with Crippen molar-refractivity contribution >= 4 is 16.1 Å². The minimum Gasteiger partial charge on any atom is -0.460 e. The number of carbonyl (C=O) groups excluding carboxylic acids is 1. The number of carbonyl (C=O) groups is 1. The molecule has 8 heteroatoms.